The fraction of sp³-hybridized carbons (Fsp3) is 0.250. The van der Waals surface area contributed by atoms with E-state index in [4.69, 9.17) is 4.42 Å². The normalized spacial score (nSPS) is 14.2. The van der Waals surface area contributed by atoms with E-state index in [-0.39, 0.29) is 11.0 Å². The minimum absolute atomic E-state index is 0.0908. The van der Waals surface area contributed by atoms with Gasteiger partial charge in [-0.3, -0.25) is 4.79 Å². The third kappa shape index (κ3) is 3.62. The second kappa shape index (κ2) is 7.37. The van der Waals surface area contributed by atoms with Crippen LogP contribution in [0.25, 0.3) is 11.5 Å². The molecule has 0 radical (unpaired) electrons. The molecule has 1 unspecified atom stereocenters. The standard InChI is InChI=1S/C20H17BrN2O2S/c1-12(18(24)16-6-5-13-3-2-4-15(13)11-16)26-20-23-22-19(25-20)14-7-9-17(21)10-8-14/h5-12H,2-4H2,1H3. The summed E-state index contributed by atoms with van der Waals surface area (Å²) in [6, 6.07) is 13.7. The van der Waals surface area contributed by atoms with Crippen LogP contribution in [0.5, 0.6) is 0 Å². The Labute approximate surface area is 164 Å². The summed E-state index contributed by atoms with van der Waals surface area (Å²) in [6.07, 6.45) is 3.37. The fourth-order valence-electron chi connectivity index (χ4n) is 3.13. The van der Waals surface area contributed by atoms with E-state index < -0.39 is 0 Å². The van der Waals surface area contributed by atoms with Crippen molar-refractivity contribution in [2.45, 2.75) is 36.7 Å². The Hall–Kier alpha value is -1.92. The van der Waals surface area contributed by atoms with Gasteiger partial charge in [-0.25, -0.2) is 0 Å². The molecule has 0 bridgehead atoms. The second-order valence-corrected chi connectivity index (χ2v) is 8.55. The number of aromatic nitrogens is 2. The number of hydrogen-bond donors (Lipinski definition) is 0. The smallest absolute Gasteiger partial charge is 0.277 e. The summed E-state index contributed by atoms with van der Waals surface area (Å²) in [5.74, 6) is 0.547. The molecule has 26 heavy (non-hydrogen) atoms. The van der Waals surface area contributed by atoms with Crippen molar-refractivity contribution in [2.24, 2.45) is 0 Å². The van der Waals surface area contributed by atoms with Gasteiger partial charge in [-0.15, -0.1) is 10.2 Å². The summed E-state index contributed by atoms with van der Waals surface area (Å²) in [5, 5.41) is 8.28. The summed E-state index contributed by atoms with van der Waals surface area (Å²) in [6.45, 7) is 1.88. The minimum Gasteiger partial charge on any atom is -0.411 e. The van der Waals surface area contributed by atoms with Crippen molar-refractivity contribution in [1.82, 2.24) is 10.2 Å². The van der Waals surface area contributed by atoms with Crippen LogP contribution in [0.15, 0.2) is 56.6 Å². The molecule has 4 rings (SSSR count). The Morgan fingerprint density at radius 1 is 1.12 bits per heavy atom. The molecule has 0 amide bonds. The number of thioether (sulfide) groups is 1. The van der Waals surface area contributed by atoms with Gasteiger partial charge in [-0.1, -0.05) is 39.8 Å². The molecule has 0 aliphatic heterocycles. The molecule has 1 aliphatic carbocycles. The van der Waals surface area contributed by atoms with Gasteiger partial charge in [0.15, 0.2) is 5.78 Å². The number of halogens is 1. The molecule has 1 atom stereocenters. The van der Waals surface area contributed by atoms with Crippen molar-refractivity contribution in [2.75, 3.05) is 0 Å². The maximum Gasteiger partial charge on any atom is 0.277 e. The predicted molar refractivity (Wildman–Crippen MR) is 106 cm³/mol. The first kappa shape index (κ1) is 17.5. The lowest BCUT2D eigenvalue weighted by Gasteiger charge is -2.09. The van der Waals surface area contributed by atoms with Gasteiger partial charge in [-0.05, 0) is 67.6 Å². The third-order valence-corrected chi connectivity index (χ3v) is 5.99. The van der Waals surface area contributed by atoms with Crippen molar-refractivity contribution in [3.63, 3.8) is 0 Å². The number of aryl methyl sites for hydroxylation is 2. The molecule has 132 valence electrons. The largest absolute Gasteiger partial charge is 0.411 e. The van der Waals surface area contributed by atoms with Crippen molar-refractivity contribution in [1.29, 1.82) is 0 Å². The average molecular weight is 429 g/mol. The second-order valence-electron chi connectivity index (χ2n) is 6.34. The van der Waals surface area contributed by atoms with E-state index in [1.165, 1.54) is 29.3 Å². The van der Waals surface area contributed by atoms with Crippen LogP contribution in [0, 0.1) is 0 Å². The molecule has 0 fully saturated rings. The van der Waals surface area contributed by atoms with Gasteiger partial charge < -0.3 is 4.42 Å². The van der Waals surface area contributed by atoms with Crippen LogP contribution in [0.4, 0.5) is 0 Å². The number of benzene rings is 2. The summed E-state index contributed by atoms with van der Waals surface area (Å²) >= 11 is 4.70. The molecule has 0 spiro atoms. The highest BCUT2D eigenvalue weighted by Crippen LogP contribution is 2.29. The van der Waals surface area contributed by atoms with Crippen molar-refractivity contribution in [3.8, 4) is 11.5 Å². The molecule has 0 N–H and O–H groups in total. The average Bonchev–Trinajstić information content (AvgIpc) is 3.30. The van der Waals surface area contributed by atoms with E-state index in [0.717, 1.165) is 28.4 Å². The first-order valence-corrected chi connectivity index (χ1v) is 10.2. The summed E-state index contributed by atoms with van der Waals surface area (Å²) < 4.78 is 6.70. The monoisotopic (exact) mass is 428 g/mol. The Morgan fingerprint density at radius 3 is 2.69 bits per heavy atom. The van der Waals surface area contributed by atoms with E-state index >= 15 is 0 Å². The Morgan fingerprint density at radius 2 is 1.88 bits per heavy atom. The molecule has 1 aromatic heterocycles. The number of carbonyl (C=O) groups is 1. The quantitative estimate of drug-likeness (QED) is 0.404. The van der Waals surface area contributed by atoms with E-state index in [2.05, 4.69) is 32.2 Å². The molecular weight excluding hydrogens is 412 g/mol. The molecule has 4 nitrogen and oxygen atoms in total. The van der Waals surface area contributed by atoms with Gasteiger partial charge in [0.2, 0.25) is 5.89 Å². The van der Waals surface area contributed by atoms with Crippen LogP contribution in [0.3, 0.4) is 0 Å². The first-order chi connectivity index (χ1) is 12.6. The van der Waals surface area contributed by atoms with Crippen LogP contribution in [-0.2, 0) is 12.8 Å². The Bertz CT molecular complexity index is 953. The summed E-state index contributed by atoms with van der Waals surface area (Å²) in [4.78, 5) is 12.7. The molecule has 1 aliphatic rings. The van der Waals surface area contributed by atoms with Crippen molar-refractivity contribution >= 4 is 33.5 Å². The lowest BCUT2D eigenvalue weighted by Crippen LogP contribution is -2.13. The van der Waals surface area contributed by atoms with Crippen LogP contribution >= 0.6 is 27.7 Å². The zero-order valence-electron chi connectivity index (χ0n) is 14.2. The van der Waals surface area contributed by atoms with Crippen molar-refractivity contribution in [3.05, 3.63) is 63.6 Å². The summed E-state index contributed by atoms with van der Waals surface area (Å²) in [7, 11) is 0. The van der Waals surface area contributed by atoms with Crippen LogP contribution in [0.1, 0.15) is 34.8 Å². The van der Waals surface area contributed by atoms with Gasteiger partial charge in [-0.2, -0.15) is 0 Å². The molecule has 3 aromatic rings. The van der Waals surface area contributed by atoms with Crippen LogP contribution in [-0.4, -0.2) is 21.2 Å². The number of rotatable bonds is 5. The Balaban J connectivity index is 1.47. The maximum absolute atomic E-state index is 12.7. The highest BCUT2D eigenvalue weighted by atomic mass is 79.9. The van der Waals surface area contributed by atoms with Gasteiger partial charge in [0.05, 0.1) is 5.25 Å². The van der Waals surface area contributed by atoms with E-state index in [1.807, 2.05) is 43.3 Å². The number of Topliss-reactive ketones (excluding diaryl/α,β-unsaturated/α-hetero) is 1. The van der Waals surface area contributed by atoms with Crippen molar-refractivity contribution < 1.29 is 9.21 Å². The zero-order valence-corrected chi connectivity index (χ0v) is 16.6. The number of fused-ring (bicyclic) bond motifs is 1. The highest BCUT2D eigenvalue weighted by Gasteiger charge is 2.22. The van der Waals surface area contributed by atoms with Gasteiger partial charge >= 0.3 is 0 Å². The Kier molecular flexibility index (Phi) is 4.96. The van der Waals surface area contributed by atoms with Crippen LogP contribution < -0.4 is 0 Å². The van der Waals surface area contributed by atoms with Gasteiger partial charge in [0.25, 0.3) is 5.22 Å². The number of carbonyl (C=O) groups excluding carboxylic acids is 1. The van der Waals surface area contributed by atoms with E-state index in [0.29, 0.717) is 11.1 Å². The summed E-state index contributed by atoms with van der Waals surface area (Å²) in [5.41, 5.74) is 4.30. The molecule has 2 aromatic carbocycles. The van der Waals surface area contributed by atoms with Gasteiger partial charge in [0, 0.05) is 15.6 Å². The lowest BCUT2D eigenvalue weighted by molar-refractivity contribution is 0.0993. The number of nitrogens with zero attached hydrogens (tertiary/aromatic N) is 2. The molecule has 0 saturated carbocycles. The fourth-order valence-corrected chi connectivity index (χ4v) is 4.16. The molecule has 0 saturated heterocycles. The highest BCUT2D eigenvalue weighted by molar-refractivity contribution is 9.10. The lowest BCUT2D eigenvalue weighted by atomic mass is 10.0. The molecule has 1 heterocycles. The zero-order chi connectivity index (χ0) is 18.1. The SMILES string of the molecule is CC(Sc1nnc(-c2ccc(Br)cc2)o1)C(=O)c1ccc2c(c1)CCC2. The maximum atomic E-state index is 12.7. The molecular formula is C20H17BrN2O2S. The first-order valence-electron chi connectivity index (χ1n) is 8.52. The van der Waals surface area contributed by atoms with Crippen LogP contribution in [0.2, 0.25) is 0 Å². The topological polar surface area (TPSA) is 56.0 Å². The van der Waals surface area contributed by atoms with Gasteiger partial charge in [0.1, 0.15) is 0 Å². The number of hydrogen-bond acceptors (Lipinski definition) is 5. The minimum atomic E-state index is -0.285. The van der Waals surface area contributed by atoms with E-state index in [9.17, 15) is 4.79 Å². The third-order valence-electron chi connectivity index (χ3n) is 4.53. The van der Waals surface area contributed by atoms with E-state index in [1.54, 1.807) is 0 Å². The molecule has 6 heteroatoms. The number of ketones is 1. The predicted octanol–water partition coefficient (Wildman–Crippen LogP) is 5.35.